The SMILES string of the molecule is CC(C)(C)OC(=O)n1c(-c2ccc3nc(C#N)cn3c2)cc2ccc(C#N)cc21. The molecule has 142 valence electrons. The van der Waals surface area contributed by atoms with Crippen LogP contribution in [0.5, 0.6) is 0 Å². The first-order valence-corrected chi connectivity index (χ1v) is 8.97. The third-order valence-electron chi connectivity index (χ3n) is 4.37. The molecule has 0 fully saturated rings. The lowest BCUT2D eigenvalue weighted by Crippen LogP contribution is -2.27. The van der Waals surface area contributed by atoms with Crippen LogP contribution in [0.4, 0.5) is 4.79 Å². The monoisotopic (exact) mass is 383 g/mol. The zero-order valence-electron chi connectivity index (χ0n) is 16.2. The van der Waals surface area contributed by atoms with Gasteiger partial charge in [-0.2, -0.15) is 10.5 Å². The van der Waals surface area contributed by atoms with E-state index in [1.807, 2.05) is 30.5 Å². The number of aromatic nitrogens is 3. The van der Waals surface area contributed by atoms with Crippen molar-refractivity contribution in [2.75, 3.05) is 0 Å². The van der Waals surface area contributed by atoms with Crippen LogP contribution in [-0.2, 0) is 4.74 Å². The highest BCUT2D eigenvalue weighted by atomic mass is 16.6. The van der Waals surface area contributed by atoms with E-state index in [4.69, 9.17) is 10.00 Å². The molecule has 3 heterocycles. The molecule has 0 unspecified atom stereocenters. The molecule has 29 heavy (non-hydrogen) atoms. The number of ether oxygens (including phenoxy) is 1. The standard InChI is InChI=1S/C22H17N5O2/c1-22(2,3)29-21(28)27-18-8-14(10-23)4-5-15(18)9-19(27)16-6-7-20-25-17(11-24)13-26(20)12-16/h4-9,12-13H,1-3H3. The molecule has 0 bridgehead atoms. The second-order valence-electron chi connectivity index (χ2n) is 7.65. The van der Waals surface area contributed by atoms with E-state index in [1.165, 1.54) is 4.57 Å². The molecule has 0 aliphatic rings. The second kappa shape index (κ2) is 6.50. The van der Waals surface area contributed by atoms with Gasteiger partial charge in [-0.05, 0) is 51.1 Å². The number of rotatable bonds is 1. The van der Waals surface area contributed by atoms with Crippen LogP contribution in [0.3, 0.4) is 0 Å². The quantitative estimate of drug-likeness (QED) is 0.483. The van der Waals surface area contributed by atoms with Crippen molar-refractivity contribution in [3.05, 3.63) is 60.0 Å². The highest BCUT2D eigenvalue weighted by Gasteiger charge is 2.23. The number of fused-ring (bicyclic) bond motifs is 2. The molecule has 4 rings (SSSR count). The zero-order valence-corrected chi connectivity index (χ0v) is 16.2. The average molecular weight is 383 g/mol. The number of pyridine rings is 1. The van der Waals surface area contributed by atoms with E-state index in [0.29, 0.717) is 28.1 Å². The van der Waals surface area contributed by atoms with Crippen molar-refractivity contribution in [1.82, 2.24) is 14.0 Å². The molecule has 7 nitrogen and oxygen atoms in total. The van der Waals surface area contributed by atoms with Crippen LogP contribution in [0.1, 0.15) is 32.0 Å². The van der Waals surface area contributed by atoms with Gasteiger partial charge in [-0.1, -0.05) is 6.07 Å². The van der Waals surface area contributed by atoms with Gasteiger partial charge >= 0.3 is 6.09 Å². The Balaban J connectivity index is 1.96. The van der Waals surface area contributed by atoms with Gasteiger partial charge in [0.1, 0.15) is 17.3 Å². The molecule has 1 aromatic carbocycles. The predicted octanol–water partition coefficient (Wildman–Crippen LogP) is 4.48. The summed E-state index contributed by atoms with van der Waals surface area (Å²) in [6, 6.07) is 14.8. The molecule has 0 aliphatic heterocycles. The Labute approximate surface area is 167 Å². The van der Waals surface area contributed by atoms with E-state index in [1.54, 1.807) is 49.6 Å². The first kappa shape index (κ1) is 18.3. The van der Waals surface area contributed by atoms with Crippen LogP contribution in [0, 0.1) is 22.7 Å². The third kappa shape index (κ3) is 3.30. The molecule has 0 atom stereocenters. The van der Waals surface area contributed by atoms with Gasteiger partial charge in [0, 0.05) is 23.3 Å². The summed E-state index contributed by atoms with van der Waals surface area (Å²) in [6.07, 6.45) is 2.91. The van der Waals surface area contributed by atoms with Gasteiger partial charge in [0.05, 0.1) is 22.8 Å². The molecule has 4 aromatic rings. The fraction of sp³-hybridized carbons (Fsp3) is 0.182. The molecule has 0 saturated carbocycles. The number of benzene rings is 1. The number of hydrogen-bond donors (Lipinski definition) is 0. The maximum atomic E-state index is 13.0. The van der Waals surface area contributed by atoms with E-state index in [0.717, 1.165) is 10.9 Å². The Morgan fingerprint density at radius 1 is 1.07 bits per heavy atom. The first-order valence-electron chi connectivity index (χ1n) is 8.97. The van der Waals surface area contributed by atoms with E-state index < -0.39 is 11.7 Å². The van der Waals surface area contributed by atoms with Crippen molar-refractivity contribution in [2.24, 2.45) is 0 Å². The number of nitriles is 2. The van der Waals surface area contributed by atoms with Crippen molar-refractivity contribution in [3.8, 4) is 23.4 Å². The van der Waals surface area contributed by atoms with Gasteiger partial charge in [-0.25, -0.2) is 14.3 Å². The minimum absolute atomic E-state index is 0.313. The molecule has 0 spiro atoms. The Morgan fingerprint density at radius 2 is 1.86 bits per heavy atom. The predicted molar refractivity (Wildman–Crippen MR) is 107 cm³/mol. The topological polar surface area (TPSA) is 96.1 Å². The molecule has 0 amide bonds. The number of nitrogens with zero attached hydrogens (tertiary/aromatic N) is 5. The lowest BCUT2D eigenvalue weighted by atomic mass is 10.1. The van der Waals surface area contributed by atoms with Crippen molar-refractivity contribution < 1.29 is 9.53 Å². The molecule has 0 radical (unpaired) electrons. The summed E-state index contributed by atoms with van der Waals surface area (Å²) in [4.78, 5) is 17.2. The Bertz CT molecular complexity index is 1360. The average Bonchev–Trinajstić information content (AvgIpc) is 3.26. The Morgan fingerprint density at radius 3 is 2.55 bits per heavy atom. The van der Waals surface area contributed by atoms with Crippen molar-refractivity contribution in [3.63, 3.8) is 0 Å². The van der Waals surface area contributed by atoms with E-state index in [2.05, 4.69) is 11.1 Å². The van der Waals surface area contributed by atoms with E-state index in [-0.39, 0.29) is 0 Å². The van der Waals surface area contributed by atoms with Gasteiger partial charge in [0.2, 0.25) is 0 Å². The van der Waals surface area contributed by atoms with Gasteiger partial charge in [-0.3, -0.25) is 0 Å². The van der Waals surface area contributed by atoms with Crippen molar-refractivity contribution >= 4 is 22.6 Å². The number of imidazole rings is 1. The molecule has 0 aliphatic carbocycles. The van der Waals surface area contributed by atoms with Crippen LogP contribution in [0.2, 0.25) is 0 Å². The molecule has 0 N–H and O–H groups in total. The van der Waals surface area contributed by atoms with Gasteiger partial charge in [0.25, 0.3) is 0 Å². The van der Waals surface area contributed by atoms with Crippen LogP contribution in [-0.4, -0.2) is 25.6 Å². The third-order valence-corrected chi connectivity index (χ3v) is 4.37. The largest absolute Gasteiger partial charge is 0.443 e. The van der Waals surface area contributed by atoms with Gasteiger partial charge < -0.3 is 9.14 Å². The number of hydrogen-bond acceptors (Lipinski definition) is 5. The second-order valence-corrected chi connectivity index (χ2v) is 7.65. The van der Waals surface area contributed by atoms with Crippen LogP contribution >= 0.6 is 0 Å². The number of carbonyl (C=O) groups is 1. The summed E-state index contributed by atoms with van der Waals surface area (Å²) < 4.78 is 8.83. The minimum atomic E-state index is -0.673. The Hall–Kier alpha value is -4.10. The summed E-state index contributed by atoms with van der Waals surface area (Å²) in [7, 11) is 0. The molecular weight excluding hydrogens is 366 g/mol. The normalized spacial score (nSPS) is 11.3. The highest BCUT2D eigenvalue weighted by Crippen LogP contribution is 2.30. The minimum Gasteiger partial charge on any atom is -0.443 e. The van der Waals surface area contributed by atoms with E-state index in [9.17, 15) is 10.1 Å². The summed E-state index contributed by atoms with van der Waals surface area (Å²) in [5.41, 5.74) is 2.70. The fourth-order valence-electron chi connectivity index (χ4n) is 3.18. The lowest BCUT2D eigenvalue weighted by Gasteiger charge is -2.21. The zero-order chi connectivity index (χ0) is 20.8. The maximum absolute atomic E-state index is 13.0. The summed E-state index contributed by atoms with van der Waals surface area (Å²) in [5, 5.41) is 19.2. The lowest BCUT2D eigenvalue weighted by molar-refractivity contribution is 0.0547. The van der Waals surface area contributed by atoms with Crippen LogP contribution < -0.4 is 0 Å². The summed E-state index contributed by atoms with van der Waals surface area (Å²) in [5.74, 6) is 0. The van der Waals surface area contributed by atoms with Gasteiger partial charge in [0.15, 0.2) is 5.69 Å². The molecule has 7 heteroatoms. The molecule has 0 saturated heterocycles. The number of carbonyl (C=O) groups excluding carboxylic acids is 1. The van der Waals surface area contributed by atoms with Crippen molar-refractivity contribution in [1.29, 1.82) is 10.5 Å². The fourth-order valence-corrected chi connectivity index (χ4v) is 3.18. The Kier molecular flexibility index (Phi) is 4.10. The first-order chi connectivity index (χ1) is 13.8. The summed E-state index contributed by atoms with van der Waals surface area (Å²) >= 11 is 0. The summed E-state index contributed by atoms with van der Waals surface area (Å²) in [6.45, 7) is 5.41. The highest BCUT2D eigenvalue weighted by molar-refractivity contribution is 5.96. The molecular formula is C22H17N5O2. The van der Waals surface area contributed by atoms with Crippen molar-refractivity contribution in [2.45, 2.75) is 26.4 Å². The van der Waals surface area contributed by atoms with E-state index >= 15 is 0 Å². The van der Waals surface area contributed by atoms with Crippen LogP contribution in [0.15, 0.2) is 48.8 Å². The van der Waals surface area contributed by atoms with Gasteiger partial charge in [-0.15, -0.1) is 0 Å². The van der Waals surface area contributed by atoms with Crippen LogP contribution in [0.25, 0.3) is 27.8 Å². The molecule has 3 aromatic heterocycles. The maximum Gasteiger partial charge on any atom is 0.419 e. The smallest absolute Gasteiger partial charge is 0.419 e.